The number of hydrogen-bond donors (Lipinski definition) is 2. The van der Waals surface area contributed by atoms with E-state index < -0.39 is 15.3 Å². The summed E-state index contributed by atoms with van der Waals surface area (Å²) in [5, 5.41) is 5.27. The van der Waals surface area contributed by atoms with Crippen LogP contribution in [0, 0.1) is 0 Å². The number of rotatable bonds is 8. The van der Waals surface area contributed by atoms with Crippen LogP contribution >= 0.6 is 11.3 Å². The van der Waals surface area contributed by atoms with E-state index in [0.29, 0.717) is 13.0 Å². The van der Waals surface area contributed by atoms with Gasteiger partial charge in [-0.15, -0.1) is 11.3 Å². The normalized spacial score (nSPS) is 15.5. The minimum atomic E-state index is -3.32. The number of nitrogens with zero attached hydrogens (tertiary/aromatic N) is 1. The van der Waals surface area contributed by atoms with Crippen LogP contribution in [0.15, 0.2) is 11.6 Å². The van der Waals surface area contributed by atoms with Crippen molar-refractivity contribution >= 4 is 21.4 Å². The molecule has 1 heterocycles. The Morgan fingerprint density at radius 1 is 1.44 bits per heavy atom. The summed E-state index contributed by atoms with van der Waals surface area (Å²) < 4.78 is 27.0. The quantitative estimate of drug-likeness (QED) is 0.761. The Morgan fingerprint density at radius 3 is 2.67 bits per heavy atom. The molecule has 0 spiro atoms. The van der Waals surface area contributed by atoms with Crippen molar-refractivity contribution in [2.45, 2.75) is 38.5 Å². The average Bonchev–Trinajstić information content (AvgIpc) is 2.86. The van der Waals surface area contributed by atoms with Crippen molar-refractivity contribution in [2.75, 3.05) is 13.1 Å². The second-order valence-electron chi connectivity index (χ2n) is 4.11. The topological polar surface area (TPSA) is 71.1 Å². The molecule has 1 rings (SSSR count). The number of thiazole rings is 1. The van der Waals surface area contributed by atoms with E-state index in [2.05, 4.69) is 15.0 Å². The fraction of sp³-hybridized carbons (Fsp3) is 0.727. The number of hydrogen-bond acceptors (Lipinski definition) is 5. The first-order valence-corrected chi connectivity index (χ1v) is 8.55. The molecule has 0 aromatic carbocycles. The minimum Gasteiger partial charge on any atom is -0.316 e. The lowest BCUT2D eigenvalue weighted by molar-refractivity contribution is 0.532. The molecule has 2 atom stereocenters. The maximum atomic E-state index is 12.1. The highest BCUT2D eigenvalue weighted by Crippen LogP contribution is 2.20. The van der Waals surface area contributed by atoms with E-state index in [-0.39, 0.29) is 6.04 Å². The van der Waals surface area contributed by atoms with Gasteiger partial charge >= 0.3 is 0 Å². The minimum absolute atomic E-state index is 0.223. The molecule has 18 heavy (non-hydrogen) atoms. The fourth-order valence-electron chi connectivity index (χ4n) is 1.49. The molecule has 0 aliphatic heterocycles. The highest BCUT2D eigenvalue weighted by atomic mass is 32.2. The Labute approximate surface area is 113 Å². The van der Waals surface area contributed by atoms with E-state index in [4.69, 9.17) is 0 Å². The molecular weight excluding hydrogens is 270 g/mol. The van der Waals surface area contributed by atoms with Gasteiger partial charge in [0.05, 0.1) is 11.3 Å². The maximum absolute atomic E-state index is 12.1. The SMILES string of the molecule is CCNCC(C)S(=O)(=O)NC(CC)c1nccs1. The van der Waals surface area contributed by atoms with Crippen molar-refractivity contribution in [1.82, 2.24) is 15.0 Å². The molecule has 0 aliphatic rings. The van der Waals surface area contributed by atoms with Gasteiger partial charge in [-0.2, -0.15) is 0 Å². The first-order valence-electron chi connectivity index (χ1n) is 6.12. The van der Waals surface area contributed by atoms with Crippen LogP contribution in [0.1, 0.15) is 38.2 Å². The molecule has 0 fully saturated rings. The number of aromatic nitrogens is 1. The Kier molecular flexibility index (Phi) is 6.20. The van der Waals surface area contributed by atoms with Gasteiger partial charge in [-0.3, -0.25) is 0 Å². The Balaban J connectivity index is 2.68. The van der Waals surface area contributed by atoms with Gasteiger partial charge in [-0.05, 0) is 19.9 Å². The van der Waals surface area contributed by atoms with Crippen LogP contribution in [0.5, 0.6) is 0 Å². The zero-order chi connectivity index (χ0) is 13.6. The lowest BCUT2D eigenvalue weighted by Gasteiger charge is -2.19. The first-order chi connectivity index (χ1) is 8.51. The van der Waals surface area contributed by atoms with Gasteiger partial charge in [0.1, 0.15) is 5.01 Å². The van der Waals surface area contributed by atoms with E-state index in [0.717, 1.165) is 11.6 Å². The van der Waals surface area contributed by atoms with Crippen molar-refractivity contribution < 1.29 is 8.42 Å². The molecule has 1 aromatic heterocycles. The Morgan fingerprint density at radius 2 is 2.17 bits per heavy atom. The summed E-state index contributed by atoms with van der Waals surface area (Å²) in [6.45, 7) is 6.84. The lowest BCUT2D eigenvalue weighted by atomic mass is 10.3. The second-order valence-corrected chi connectivity index (χ2v) is 7.17. The molecule has 0 aliphatic carbocycles. The molecule has 0 saturated heterocycles. The molecule has 2 N–H and O–H groups in total. The van der Waals surface area contributed by atoms with Crippen molar-refractivity contribution in [1.29, 1.82) is 0 Å². The largest absolute Gasteiger partial charge is 0.316 e. The van der Waals surface area contributed by atoms with Crippen LogP contribution in [-0.4, -0.2) is 31.7 Å². The maximum Gasteiger partial charge on any atom is 0.216 e. The molecule has 0 amide bonds. The van der Waals surface area contributed by atoms with E-state index in [1.807, 2.05) is 19.2 Å². The Bertz CT molecular complexity index is 431. The molecule has 0 saturated carbocycles. The van der Waals surface area contributed by atoms with Crippen molar-refractivity contribution in [3.05, 3.63) is 16.6 Å². The van der Waals surface area contributed by atoms with E-state index >= 15 is 0 Å². The van der Waals surface area contributed by atoms with E-state index in [9.17, 15) is 8.42 Å². The van der Waals surface area contributed by atoms with E-state index in [1.165, 1.54) is 11.3 Å². The van der Waals surface area contributed by atoms with Gasteiger partial charge in [0.2, 0.25) is 10.0 Å². The van der Waals surface area contributed by atoms with Crippen LogP contribution in [0.2, 0.25) is 0 Å². The van der Waals surface area contributed by atoms with Crippen LogP contribution in [-0.2, 0) is 10.0 Å². The highest BCUT2D eigenvalue weighted by molar-refractivity contribution is 7.90. The summed E-state index contributed by atoms with van der Waals surface area (Å²) in [5.74, 6) is 0. The summed E-state index contributed by atoms with van der Waals surface area (Å²) in [7, 11) is -3.32. The summed E-state index contributed by atoms with van der Waals surface area (Å²) >= 11 is 1.47. The molecule has 0 radical (unpaired) electrons. The standard InChI is InChI=1S/C11H21N3O2S2/c1-4-10(11-13-6-7-17-11)14-18(15,16)9(3)8-12-5-2/h6-7,9-10,12,14H,4-5,8H2,1-3H3. The summed E-state index contributed by atoms with van der Waals surface area (Å²) in [6.07, 6.45) is 2.39. The Hall–Kier alpha value is -0.500. The van der Waals surface area contributed by atoms with Crippen LogP contribution in [0.25, 0.3) is 0 Å². The molecular formula is C11H21N3O2S2. The van der Waals surface area contributed by atoms with Gasteiger partial charge in [0.25, 0.3) is 0 Å². The van der Waals surface area contributed by atoms with E-state index in [1.54, 1.807) is 13.1 Å². The molecule has 7 heteroatoms. The van der Waals surface area contributed by atoms with Crippen LogP contribution < -0.4 is 10.0 Å². The van der Waals surface area contributed by atoms with Gasteiger partial charge in [-0.25, -0.2) is 18.1 Å². The second kappa shape index (κ2) is 7.18. The third-order valence-electron chi connectivity index (χ3n) is 2.68. The third kappa shape index (κ3) is 4.31. The third-order valence-corrected chi connectivity index (χ3v) is 5.40. The lowest BCUT2D eigenvalue weighted by Crippen LogP contribution is -2.40. The zero-order valence-corrected chi connectivity index (χ0v) is 12.6. The molecule has 0 bridgehead atoms. The van der Waals surface area contributed by atoms with Crippen LogP contribution in [0.3, 0.4) is 0 Å². The van der Waals surface area contributed by atoms with Crippen molar-refractivity contribution in [3.63, 3.8) is 0 Å². The summed E-state index contributed by atoms with van der Waals surface area (Å²) in [6, 6.07) is -0.223. The van der Waals surface area contributed by atoms with Gasteiger partial charge in [0, 0.05) is 18.1 Å². The van der Waals surface area contributed by atoms with Gasteiger partial charge in [-0.1, -0.05) is 13.8 Å². The monoisotopic (exact) mass is 291 g/mol. The molecule has 2 unspecified atom stereocenters. The molecule has 5 nitrogen and oxygen atoms in total. The smallest absolute Gasteiger partial charge is 0.216 e. The predicted octanol–water partition coefficient (Wildman–Crippen LogP) is 1.51. The predicted molar refractivity (Wildman–Crippen MR) is 75.2 cm³/mol. The fourth-order valence-corrected chi connectivity index (χ4v) is 3.58. The van der Waals surface area contributed by atoms with Crippen molar-refractivity contribution in [3.8, 4) is 0 Å². The van der Waals surface area contributed by atoms with Gasteiger partial charge < -0.3 is 5.32 Å². The summed E-state index contributed by atoms with van der Waals surface area (Å²) in [5.41, 5.74) is 0. The number of nitrogens with one attached hydrogen (secondary N) is 2. The molecule has 104 valence electrons. The first kappa shape index (κ1) is 15.6. The molecule has 1 aromatic rings. The summed E-state index contributed by atoms with van der Waals surface area (Å²) in [4.78, 5) is 4.17. The van der Waals surface area contributed by atoms with Crippen molar-refractivity contribution in [2.24, 2.45) is 0 Å². The highest BCUT2D eigenvalue weighted by Gasteiger charge is 2.25. The average molecular weight is 291 g/mol. The van der Waals surface area contributed by atoms with Crippen LogP contribution in [0.4, 0.5) is 0 Å². The number of sulfonamides is 1. The zero-order valence-electron chi connectivity index (χ0n) is 11.0. The van der Waals surface area contributed by atoms with Gasteiger partial charge in [0.15, 0.2) is 0 Å².